The minimum absolute atomic E-state index is 0.239. The Bertz CT molecular complexity index is 1810. The summed E-state index contributed by atoms with van der Waals surface area (Å²) >= 11 is 4.65. The van der Waals surface area contributed by atoms with Crippen molar-refractivity contribution in [1.82, 2.24) is 24.9 Å². The molecule has 3 N–H and O–H groups in total. The van der Waals surface area contributed by atoms with Gasteiger partial charge in [0.15, 0.2) is 17.1 Å². The number of esters is 2. The molecule has 0 aliphatic heterocycles. The normalized spacial score (nSPS) is 9.83. The highest BCUT2D eigenvalue weighted by atomic mass is 32.1. The van der Waals surface area contributed by atoms with E-state index in [1.165, 1.54) is 43.4 Å². The molecule has 0 amide bonds. The Morgan fingerprint density at radius 2 is 1.19 bits per heavy atom. The van der Waals surface area contributed by atoms with Gasteiger partial charge in [0.2, 0.25) is 0 Å². The van der Waals surface area contributed by atoms with Crippen molar-refractivity contribution in [2.45, 2.75) is 25.7 Å². The maximum atomic E-state index is 11.2. The van der Waals surface area contributed by atoms with E-state index in [0.29, 0.717) is 22.0 Å². The predicted molar refractivity (Wildman–Crippen MR) is 200 cm³/mol. The van der Waals surface area contributed by atoms with E-state index in [1.54, 1.807) is 70.9 Å². The maximum Gasteiger partial charge on any atom is 0.356 e. The summed E-state index contributed by atoms with van der Waals surface area (Å²) in [6, 6.07) is 14.1. The number of thiazole rings is 3. The van der Waals surface area contributed by atoms with Crippen LogP contribution in [0.25, 0.3) is 0 Å². The topological polar surface area (TPSA) is 197 Å². The maximum absolute atomic E-state index is 11.2. The number of methoxy groups -OCH3 is 2. The van der Waals surface area contributed by atoms with Gasteiger partial charge in [-0.25, -0.2) is 34.5 Å². The SMILES string of the molecule is COC(=O)c1ccc(CCc2nccs2)cn1.COC(=O)c1ccc(N)cn1.O=C(CO)c1ccc(CCc2nccs2)cc1.O=Cc1nccs1. The molecule has 0 radical (unpaired) electrons. The number of hydrogen-bond acceptors (Lipinski definition) is 16. The number of aromatic nitrogens is 5. The van der Waals surface area contributed by atoms with E-state index in [2.05, 4.69) is 34.4 Å². The highest BCUT2D eigenvalue weighted by Crippen LogP contribution is 2.12. The van der Waals surface area contributed by atoms with Crippen molar-refractivity contribution in [2.75, 3.05) is 26.6 Å². The van der Waals surface area contributed by atoms with Crippen molar-refractivity contribution < 1.29 is 33.8 Å². The van der Waals surface area contributed by atoms with Crippen molar-refractivity contribution in [3.8, 4) is 0 Å². The largest absolute Gasteiger partial charge is 0.464 e. The first-order valence-corrected chi connectivity index (χ1v) is 18.1. The molecule has 0 spiro atoms. The lowest BCUT2D eigenvalue weighted by atomic mass is 10.1. The number of carbonyl (C=O) groups is 4. The third kappa shape index (κ3) is 14.7. The smallest absolute Gasteiger partial charge is 0.356 e. The minimum Gasteiger partial charge on any atom is -0.464 e. The van der Waals surface area contributed by atoms with Gasteiger partial charge in [-0.2, -0.15) is 0 Å². The van der Waals surface area contributed by atoms with Crippen molar-refractivity contribution >= 4 is 63.7 Å². The molecule has 0 saturated carbocycles. The number of ketones is 1. The fourth-order valence-corrected chi connectivity index (χ4v) is 5.60. The third-order valence-corrected chi connectivity index (χ3v) is 8.97. The second-order valence-corrected chi connectivity index (χ2v) is 13.0. The van der Waals surface area contributed by atoms with Gasteiger partial charge in [-0.1, -0.05) is 30.3 Å². The van der Waals surface area contributed by atoms with E-state index in [0.717, 1.165) is 47.5 Å². The molecule has 6 aromatic rings. The molecule has 0 atom stereocenters. The number of nitrogens with zero attached hydrogens (tertiary/aromatic N) is 5. The predicted octanol–water partition coefficient (Wildman–Crippen LogP) is 5.62. The highest BCUT2D eigenvalue weighted by molar-refractivity contribution is 7.11. The van der Waals surface area contributed by atoms with E-state index >= 15 is 0 Å². The number of carbonyl (C=O) groups excluding carboxylic acids is 4. The summed E-state index contributed by atoms with van der Waals surface area (Å²) in [6.07, 6.45) is 12.7. The number of rotatable bonds is 11. The average molecular weight is 761 g/mol. The van der Waals surface area contributed by atoms with Crippen LogP contribution in [0, 0.1) is 0 Å². The van der Waals surface area contributed by atoms with Crippen molar-refractivity contribution in [3.05, 3.63) is 139 Å². The standard InChI is InChI=1S/C13H13NO2S.C12H12N2O2S.C7H8N2O2.C4H3NOS/c15-9-12(16)11-4-1-10(2-5-11)3-6-13-14-7-8-17-13;1-16-12(15)10-4-2-9(8-14-10)3-5-11-13-6-7-17-11;1-11-7(10)6-3-2-5(8)4-9-6;6-3-4-5-1-2-7-4/h1-2,4-5,7-8,15H,3,6,9H2;2,4,6-8H,3,5H2,1H3;2-4H,8H2,1H3;1-3H. The zero-order valence-electron chi connectivity index (χ0n) is 28.3. The van der Waals surface area contributed by atoms with Gasteiger partial charge in [-0.3, -0.25) is 9.59 Å². The molecular formula is C36H36N6O7S3. The van der Waals surface area contributed by atoms with Gasteiger partial charge in [0, 0.05) is 59.3 Å². The van der Waals surface area contributed by atoms with Gasteiger partial charge >= 0.3 is 11.9 Å². The van der Waals surface area contributed by atoms with Crippen LogP contribution in [0.1, 0.15) is 62.3 Å². The van der Waals surface area contributed by atoms with Gasteiger partial charge in [0.05, 0.1) is 36.1 Å². The van der Waals surface area contributed by atoms with Gasteiger partial charge in [-0.05, 0) is 42.2 Å². The van der Waals surface area contributed by atoms with Crippen LogP contribution in [0.15, 0.2) is 95.7 Å². The number of benzene rings is 1. The number of nitrogen functional groups attached to an aromatic ring is 1. The molecule has 0 bridgehead atoms. The summed E-state index contributed by atoms with van der Waals surface area (Å²) in [7, 11) is 2.65. The van der Waals surface area contributed by atoms with E-state index in [4.69, 9.17) is 10.8 Å². The number of anilines is 1. The Morgan fingerprint density at radius 3 is 1.60 bits per heavy atom. The molecular weight excluding hydrogens is 725 g/mol. The second-order valence-electron chi connectivity index (χ2n) is 10.1. The summed E-state index contributed by atoms with van der Waals surface area (Å²) in [6.45, 7) is -0.432. The van der Waals surface area contributed by atoms with Crippen LogP contribution in [0.3, 0.4) is 0 Å². The minimum atomic E-state index is -0.454. The molecule has 16 heteroatoms. The fourth-order valence-electron chi connectivity index (χ4n) is 3.92. The van der Waals surface area contributed by atoms with E-state index < -0.39 is 18.5 Å². The molecule has 270 valence electrons. The lowest BCUT2D eigenvalue weighted by molar-refractivity contribution is 0.0585. The molecule has 52 heavy (non-hydrogen) atoms. The third-order valence-electron chi connectivity index (χ3n) is 6.59. The molecule has 0 fully saturated rings. The molecule has 6 rings (SSSR count). The molecule has 5 aromatic heterocycles. The van der Waals surface area contributed by atoms with Crippen molar-refractivity contribution in [2.24, 2.45) is 0 Å². The van der Waals surface area contributed by atoms with Gasteiger partial charge < -0.3 is 20.3 Å². The Balaban J connectivity index is 0.000000196. The summed E-state index contributed by atoms with van der Waals surface area (Å²) in [5, 5.41) is 17.2. The molecule has 0 unspecified atom stereocenters. The molecule has 5 heterocycles. The first-order valence-electron chi connectivity index (χ1n) is 15.4. The summed E-state index contributed by atoms with van der Waals surface area (Å²) in [5.74, 6) is -1.10. The Morgan fingerprint density at radius 1 is 0.673 bits per heavy atom. The number of nitrogens with two attached hydrogens (primary N) is 1. The number of aryl methyl sites for hydroxylation is 4. The Labute approximate surface area is 312 Å². The first kappa shape index (κ1) is 40.9. The molecule has 13 nitrogen and oxygen atoms in total. The van der Waals surface area contributed by atoms with Crippen LogP contribution in [0.4, 0.5) is 5.69 Å². The van der Waals surface area contributed by atoms with Crippen LogP contribution >= 0.6 is 34.0 Å². The number of Topliss-reactive ketones (excluding diaryl/α,β-unsaturated/α-hetero) is 1. The molecule has 0 saturated heterocycles. The lowest BCUT2D eigenvalue weighted by Gasteiger charge is -2.01. The second kappa shape index (κ2) is 23.0. The fraction of sp³-hybridized carbons (Fsp3) is 0.194. The van der Waals surface area contributed by atoms with Crippen molar-refractivity contribution in [3.63, 3.8) is 0 Å². The molecule has 1 aromatic carbocycles. The van der Waals surface area contributed by atoms with Crippen molar-refractivity contribution in [1.29, 1.82) is 0 Å². The number of ether oxygens (including phenoxy) is 2. The zero-order chi connectivity index (χ0) is 37.6. The van der Waals surface area contributed by atoms with Crippen LogP contribution in [0.2, 0.25) is 0 Å². The summed E-state index contributed by atoms with van der Waals surface area (Å²) in [4.78, 5) is 62.9. The van der Waals surface area contributed by atoms with Crippen LogP contribution in [0.5, 0.6) is 0 Å². The quantitative estimate of drug-likeness (QED) is 0.0939. The molecule has 0 aliphatic carbocycles. The van der Waals surface area contributed by atoms with Gasteiger partial charge in [0.1, 0.15) is 18.0 Å². The summed E-state index contributed by atoms with van der Waals surface area (Å²) in [5.41, 5.74) is 9.31. The number of hydrogen-bond donors (Lipinski definition) is 2. The van der Waals surface area contributed by atoms with Gasteiger partial charge in [0.25, 0.3) is 0 Å². The van der Waals surface area contributed by atoms with E-state index in [-0.39, 0.29) is 11.5 Å². The first-order chi connectivity index (χ1) is 25.3. The number of pyridine rings is 2. The number of aliphatic hydroxyl groups excluding tert-OH is 1. The van der Waals surface area contributed by atoms with E-state index in [9.17, 15) is 19.2 Å². The van der Waals surface area contributed by atoms with Crippen LogP contribution in [-0.2, 0) is 35.2 Å². The average Bonchev–Trinajstić information content (AvgIpc) is 4.02. The van der Waals surface area contributed by atoms with Gasteiger partial charge in [-0.15, -0.1) is 34.0 Å². The number of aldehydes is 1. The monoisotopic (exact) mass is 760 g/mol. The van der Waals surface area contributed by atoms with Crippen LogP contribution < -0.4 is 5.73 Å². The lowest BCUT2D eigenvalue weighted by Crippen LogP contribution is -2.04. The highest BCUT2D eigenvalue weighted by Gasteiger charge is 2.07. The molecule has 0 aliphatic rings. The van der Waals surface area contributed by atoms with Crippen LogP contribution in [-0.4, -0.2) is 74.9 Å². The zero-order valence-corrected chi connectivity index (χ0v) is 30.7. The van der Waals surface area contributed by atoms with E-state index in [1.807, 2.05) is 35.2 Å². The Kier molecular flexibility index (Phi) is 18.1. The number of aliphatic hydroxyl groups is 1. The Hall–Kier alpha value is -5.55. The summed E-state index contributed by atoms with van der Waals surface area (Å²) < 4.78 is 9.02.